The van der Waals surface area contributed by atoms with Crippen molar-refractivity contribution in [2.45, 2.75) is 6.92 Å². The molecule has 2 N–H and O–H groups in total. The Hall–Kier alpha value is -0.580. The van der Waals surface area contributed by atoms with Crippen LogP contribution in [-0.2, 0) is 0 Å². The Labute approximate surface area is 78.9 Å². The Kier molecular flexibility index (Phi) is 2.49. The lowest BCUT2D eigenvalue weighted by Crippen LogP contribution is -1.89. The molecule has 0 spiro atoms. The minimum atomic E-state index is 0.215. The van der Waals surface area contributed by atoms with Gasteiger partial charge in [0.1, 0.15) is 9.47 Å². The van der Waals surface area contributed by atoms with Crippen LogP contribution in [0.15, 0.2) is 18.2 Å². The van der Waals surface area contributed by atoms with E-state index in [1.54, 1.807) is 6.07 Å². The summed E-state index contributed by atoms with van der Waals surface area (Å²) in [5, 5.41) is 16.7. The van der Waals surface area contributed by atoms with E-state index in [-0.39, 0.29) is 5.75 Å². The molecule has 0 bridgehead atoms. The number of nitrogens with one attached hydrogen (secondary N) is 1. The van der Waals surface area contributed by atoms with Crippen LogP contribution in [0.1, 0.15) is 11.1 Å². The van der Waals surface area contributed by atoms with E-state index in [4.69, 9.17) is 5.41 Å². The summed E-state index contributed by atoms with van der Waals surface area (Å²) >= 11 is 1.87. The average molecular weight is 261 g/mol. The van der Waals surface area contributed by atoms with Gasteiger partial charge in [0.15, 0.2) is 0 Å². The molecule has 0 radical (unpaired) electrons. The number of hydrogen-bond acceptors (Lipinski definition) is 2. The van der Waals surface area contributed by atoms with Gasteiger partial charge in [0, 0.05) is 5.56 Å². The predicted molar refractivity (Wildman–Crippen MR) is 53.7 cm³/mol. The van der Waals surface area contributed by atoms with Crippen LogP contribution in [0.4, 0.5) is 0 Å². The van der Waals surface area contributed by atoms with Gasteiger partial charge in [-0.2, -0.15) is 0 Å². The van der Waals surface area contributed by atoms with Crippen molar-refractivity contribution in [3.63, 3.8) is 0 Å². The zero-order valence-corrected chi connectivity index (χ0v) is 8.21. The topological polar surface area (TPSA) is 44.1 Å². The summed E-state index contributed by atoms with van der Waals surface area (Å²) < 4.78 is 0.365. The highest BCUT2D eigenvalue weighted by Gasteiger charge is 2.04. The zero-order valence-electron chi connectivity index (χ0n) is 6.06. The fraction of sp³-hybridized carbons (Fsp3) is 0.125. The van der Waals surface area contributed by atoms with Gasteiger partial charge in [0.05, 0.1) is 0 Å². The fourth-order valence-electron chi connectivity index (χ4n) is 0.836. The maximum atomic E-state index is 9.42. The van der Waals surface area contributed by atoms with Gasteiger partial charge >= 0.3 is 0 Å². The molecule has 0 saturated carbocycles. The molecular formula is C8H8INO. The van der Waals surface area contributed by atoms with Crippen molar-refractivity contribution < 1.29 is 5.11 Å². The van der Waals surface area contributed by atoms with Crippen LogP contribution in [0.5, 0.6) is 5.75 Å². The third-order valence-corrected chi connectivity index (χ3v) is 2.06. The van der Waals surface area contributed by atoms with E-state index in [1.165, 1.54) is 0 Å². The molecule has 1 rings (SSSR count). The van der Waals surface area contributed by atoms with Crippen LogP contribution in [-0.4, -0.2) is 8.82 Å². The highest BCUT2D eigenvalue weighted by Crippen LogP contribution is 2.23. The first-order chi connectivity index (χ1) is 5.13. The Bertz CT molecular complexity index is 296. The summed E-state index contributed by atoms with van der Waals surface area (Å²) in [5.74, 6) is 0.215. The van der Waals surface area contributed by atoms with Crippen molar-refractivity contribution in [2.75, 3.05) is 0 Å². The lowest BCUT2D eigenvalue weighted by atomic mass is 10.1. The van der Waals surface area contributed by atoms with Crippen molar-refractivity contribution in [3.8, 4) is 5.75 Å². The van der Waals surface area contributed by atoms with Crippen molar-refractivity contribution in [2.24, 2.45) is 0 Å². The molecule has 11 heavy (non-hydrogen) atoms. The van der Waals surface area contributed by atoms with Crippen molar-refractivity contribution in [3.05, 3.63) is 29.3 Å². The molecular weight excluding hydrogens is 253 g/mol. The summed E-state index contributed by atoms with van der Waals surface area (Å²) in [6, 6.07) is 5.38. The van der Waals surface area contributed by atoms with Crippen LogP contribution >= 0.6 is 22.6 Å². The van der Waals surface area contributed by atoms with Crippen molar-refractivity contribution >= 4 is 26.3 Å². The molecule has 1 aromatic rings. The molecule has 2 nitrogen and oxygen atoms in total. The number of aromatic hydroxyl groups is 1. The number of rotatable bonds is 1. The van der Waals surface area contributed by atoms with E-state index >= 15 is 0 Å². The smallest absolute Gasteiger partial charge is 0.128 e. The average Bonchev–Trinajstić information content (AvgIpc) is 1.94. The lowest BCUT2D eigenvalue weighted by molar-refractivity contribution is 0.470. The third kappa shape index (κ3) is 1.71. The van der Waals surface area contributed by atoms with E-state index in [9.17, 15) is 5.11 Å². The van der Waals surface area contributed by atoms with Crippen LogP contribution < -0.4 is 0 Å². The summed E-state index contributed by atoms with van der Waals surface area (Å²) in [5.41, 5.74) is 1.41. The first kappa shape index (κ1) is 8.52. The van der Waals surface area contributed by atoms with E-state index in [1.807, 2.05) is 41.6 Å². The minimum absolute atomic E-state index is 0.215. The number of halogens is 1. The second kappa shape index (κ2) is 3.21. The molecule has 0 aromatic heterocycles. The molecule has 0 unspecified atom stereocenters. The third-order valence-electron chi connectivity index (χ3n) is 1.47. The number of para-hydroxylation sites is 1. The molecule has 0 aliphatic rings. The van der Waals surface area contributed by atoms with E-state index in [0.717, 1.165) is 5.56 Å². The van der Waals surface area contributed by atoms with Gasteiger partial charge in [-0.1, -0.05) is 12.1 Å². The molecule has 0 heterocycles. The van der Waals surface area contributed by atoms with E-state index in [2.05, 4.69) is 0 Å². The predicted octanol–water partition coefficient (Wildman–Crippen LogP) is 2.46. The molecule has 0 aliphatic carbocycles. The van der Waals surface area contributed by atoms with Gasteiger partial charge in [-0.25, -0.2) is 0 Å². The van der Waals surface area contributed by atoms with Crippen LogP contribution in [0.2, 0.25) is 0 Å². The quantitative estimate of drug-likeness (QED) is 0.592. The Morgan fingerprint density at radius 2 is 2.18 bits per heavy atom. The SMILES string of the molecule is Cc1cccc(C(=N)I)c1O. The zero-order chi connectivity index (χ0) is 8.43. The van der Waals surface area contributed by atoms with Gasteiger partial charge in [-0.3, -0.25) is 5.41 Å². The number of hydrogen-bond donors (Lipinski definition) is 2. The van der Waals surface area contributed by atoms with Gasteiger partial charge in [0.2, 0.25) is 0 Å². The van der Waals surface area contributed by atoms with Crippen LogP contribution in [0.3, 0.4) is 0 Å². The van der Waals surface area contributed by atoms with Crippen molar-refractivity contribution in [1.29, 1.82) is 5.41 Å². The number of aryl methyl sites for hydroxylation is 1. The summed E-state index contributed by atoms with van der Waals surface area (Å²) in [6.45, 7) is 1.82. The second-order valence-electron chi connectivity index (χ2n) is 2.29. The lowest BCUT2D eigenvalue weighted by Gasteiger charge is -2.02. The monoisotopic (exact) mass is 261 g/mol. The summed E-state index contributed by atoms with van der Waals surface area (Å²) in [6.07, 6.45) is 0. The number of phenolic OH excluding ortho intramolecular Hbond substituents is 1. The first-order valence-corrected chi connectivity index (χ1v) is 4.24. The fourth-order valence-corrected chi connectivity index (χ4v) is 1.27. The van der Waals surface area contributed by atoms with Gasteiger partial charge in [0.25, 0.3) is 0 Å². The molecule has 3 heteroatoms. The molecule has 0 amide bonds. The van der Waals surface area contributed by atoms with Crippen molar-refractivity contribution in [1.82, 2.24) is 0 Å². The highest BCUT2D eigenvalue weighted by atomic mass is 127. The van der Waals surface area contributed by atoms with Crippen LogP contribution in [0, 0.1) is 12.3 Å². The Morgan fingerprint density at radius 3 is 2.64 bits per heavy atom. The molecule has 58 valence electrons. The molecule has 0 atom stereocenters. The molecule has 1 aromatic carbocycles. The second-order valence-corrected chi connectivity index (χ2v) is 3.36. The highest BCUT2D eigenvalue weighted by molar-refractivity contribution is 14.1. The molecule has 0 fully saturated rings. The number of benzene rings is 1. The van der Waals surface area contributed by atoms with Gasteiger partial charge < -0.3 is 5.11 Å². The molecule has 0 saturated heterocycles. The van der Waals surface area contributed by atoms with Gasteiger partial charge in [-0.15, -0.1) is 0 Å². The largest absolute Gasteiger partial charge is 0.507 e. The molecule has 0 aliphatic heterocycles. The summed E-state index contributed by atoms with van der Waals surface area (Å²) in [7, 11) is 0. The van der Waals surface area contributed by atoms with Gasteiger partial charge in [-0.05, 0) is 41.1 Å². The van der Waals surface area contributed by atoms with E-state index in [0.29, 0.717) is 9.28 Å². The Balaban J connectivity index is 3.27. The maximum Gasteiger partial charge on any atom is 0.128 e. The standard InChI is InChI=1S/C8H8INO/c1-5-3-2-4-6(7(5)11)8(9)10/h2-4,10-11H,1H3. The Morgan fingerprint density at radius 1 is 1.55 bits per heavy atom. The minimum Gasteiger partial charge on any atom is -0.507 e. The maximum absolute atomic E-state index is 9.42. The van der Waals surface area contributed by atoms with Crippen LogP contribution in [0.25, 0.3) is 0 Å². The van der Waals surface area contributed by atoms with E-state index < -0.39 is 0 Å². The first-order valence-electron chi connectivity index (χ1n) is 3.16. The summed E-state index contributed by atoms with van der Waals surface area (Å²) in [4.78, 5) is 0. The normalized spacial score (nSPS) is 9.64. The number of phenols is 1.